The molecule has 1 aliphatic heterocycles. The maximum absolute atomic E-state index is 12.4. The molecule has 0 saturated carbocycles. The van der Waals surface area contributed by atoms with Gasteiger partial charge in [0.05, 0.1) is 19.1 Å². The average Bonchev–Trinajstić information content (AvgIpc) is 2.76. The lowest BCUT2D eigenvalue weighted by atomic mass is 10.1. The number of hydrogen-bond acceptors (Lipinski definition) is 5. The Bertz CT molecular complexity index is 937. The van der Waals surface area contributed by atoms with Gasteiger partial charge in [-0.05, 0) is 61.2 Å². The fourth-order valence-electron chi connectivity index (χ4n) is 3.51. The number of nitrogens with zero attached hydrogens (tertiary/aromatic N) is 2. The third-order valence-electron chi connectivity index (χ3n) is 5.20. The molecular formula is C22H29N3O4S. The largest absolute Gasteiger partial charge is 0.497 e. The second-order valence-electron chi connectivity index (χ2n) is 7.46. The van der Waals surface area contributed by atoms with E-state index < -0.39 is 10.0 Å². The van der Waals surface area contributed by atoms with Crippen molar-refractivity contribution < 1.29 is 17.9 Å². The first kappa shape index (κ1) is 22.0. The Morgan fingerprint density at radius 2 is 1.67 bits per heavy atom. The number of amides is 1. The van der Waals surface area contributed by atoms with E-state index in [9.17, 15) is 13.2 Å². The molecule has 7 nitrogen and oxygen atoms in total. The van der Waals surface area contributed by atoms with Crippen molar-refractivity contribution in [3.63, 3.8) is 0 Å². The summed E-state index contributed by atoms with van der Waals surface area (Å²) in [6, 6.07) is 14.7. The van der Waals surface area contributed by atoms with Crippen molar-refractivity contribution in [3.05, 3.63) is 54.1 Å². The summed E-state index contributed by atoms with van der Waals surface area (Å²) in [5.74, 6) is 0.251. The number of rotatable bonds is 8. The van der Waals surface area contributed by atoms with Crippen LogP contribution in [0.1, 0.15) is 24.8 Å². The molecular weight excluding hydrogens is 402 g/mol. The maximum atomic E-state index is 12.4. The van der Waals surface area contributed by atoms with Crippen LogP contribution < -0.4 is 19.3 Å². The number of nitrogens with one attached hydrogen (secondary N) is 1. The van der Waals surface area contributed by atoms with E-state index in [4.69, 9.17) is 4.74 Å². The molecule has 0 radical (unpaired) electrons. The van der Waals surface area contributed by atoms with Crippen molar-refractivity contribution in [3.8, 4) is 5.75 Å². The molecule has 0 bridgehead atoms. The first-order valence-electron chi connectivity index (χ1n) is 10.1. The number of piperidine rings is 1. The number of methoxy groups -OCH3 is 1. The molecule has 1 amide bonds. The molecule has 2 aromatic rings. The summed E-state index contributed by atoms with van der Waals surface area (Å²) < 4.78 is 30.6. The highest BCUT2D eigenvalue weighted by Gasteiger charge is 2.21. The van der Waals surface area contributed by atoms with Crippen LogP contribution in [0.3, 0.4) is 0 Å². The molecule has 1 aliphatic rings. The molecule has 0 aromatic heterocycles. The van der Waals surface area contributed by atoms with Crippen LogP contribution in [0.25, 0.3) is 0 Å². The van der Waals surface area contributed by atoms with Crippen molar-refractivity contribution in [2.45, 2.75) is 25.8 Å². The number of carbonyl (C=O) groups is 1. The normalized spacial score (nSPS) is 14.3. The third kappa shape index (κ3) is 5.89. The molecule has 8 heteroatoms. The van der Waals surface area contributed by atoms with Crippen LogP contribution >= 0.6 is 0 Å². The molecule has 1 saturated heterocycles. The van der Waals surface area contributed by atoms with E-state index in [-0.39, 0.29) is 12.5 Å². The maximum Gasteiger partial charge on any atom is 0.241 e. The number of sulfonamides is 1. The minimum Gasteiger partial charge on any atom is -0.497 e. The molecule has 1 fully saturated rings. The molecule has 162 valence electrons. The van der Waals surface area contributed by atoms with Crippen LogP contribution in [0.4, 0.5) is 11.4 Å². The molecule has 1 heterocycles. The van der Waals surface area contributed by atoms with Crippen molar-refractivity contribution in [2.24, 2.45) is 0 Å². The van der Waals surface area contributed by atoms with Crippen molar-refractivity contribution in [1.82, 2.24) is 5.32 Å². The van der Waals surface area contributed by atoms with Gasteiger partial charge in [-0.1, -0.05) is 12.1 Å². The zero-order chi connectivity index (χ0) is 21.6. The Morgan fingerprint density at radius 1 is 1.03 bits per heavy atom. The molecule has 0 unspecified atom stereocenters. The Labute approximate surface area is 178 Å². The van der Waals surface area contributed by atoms with Crippen LogP contribution in [0.15, 0.2) is 48.5 Å². The second-order valence-corrected chi connectivity index (χ2v) is 9.37. The van der Waals surface area contributed by atoms with Crippen LogP contribution in [-0.2, 0) is 21.4 Å². The fourth-order valence-corrected chi connectivity index (χ4v) is 4.37. The lowest BCUT2D eigenvalue weighted by molar-refractivity contribution is -0.119. The molecule has 0 atom stereocenters. The molecule has 0 spiro atoms. The predicted octanol–water partition coefficient (Wildman–Crippen LogP) is 2.77. The van der Waals surface area contributed by atoms with E-state index in [1.54, 1.807) is 24.3 Å². The standard InChI is InChI=1S/C22H29N3O4S/c1-29-21-12-10-20(11-13-21)25(30(2,27)28)17-22(26)23-16-18-6-8-19(9-7-18)24-14-4-3-5-15-24/h6-13H,3-5,14-17H2,1-2H3,(H,23,26). The van der Waals surface area contributed by atoms with E-state index in [2.05, 4.69) is 22.3 Å². The van der Waals surface area contributed by atoms with Gasteiger partial charge in [0.15, 0.2) is 0 Å². The first-order valence-corrected chi connectivity index (χ1v) is 11.9. The van der Waals surface area contributed by atoms with E-state index in [1.807, 2.05) is 12.1 Å². The Kier molecular flexibility index (Phi) is 7.20. The molecule has 3 rings (SSSR count). The molecule has 2 aromatic carbocycles. The number of carbonyl (C=O) groups excluding carboxylic acids is 1. The lowest BCUT2D eigenvalue weighted by Gasteiger charge is -2.28. The SMILES string of the molecule is COc1ccc(N(CC(=O)NCc2ccc(N3CCCCC3)cc2)S(C)(=O)=O)cc1. The molecule has 30 heavy (non-hydrogen) atoms. The number of anilines is 2. The quantitative estimate of drug-likeness (QED) is 0.695. The highest BCUT2D eigenvalue weighted by Crippen LogP contribution is 2.22. The lowest BCUT2D eigenvalue weighted by Crippen LogP contribution is -2.40. The van der Waals surface area contributed by atoms with Gasteiger partial charge >= 0.3 is 0 Å². The van der Waals surface area contributed by atoms with Gasteiger partial charge in [0.2, 0.25) is 15.9 Å². The van der Waals surface area contributed by atoms with Gasteiger partial charge in [0.1, 0.15) is 12.3 Å². The minimum atomic E-state index is -3.61. The fraction of sp³-hybridized carbons (Fsp3) is 0.409. The third-order valence-corrected chi connectivity index (χ3v) is 6.34. The zero-order valence-corrected chi connectivity index (χ0v) is 18.3. The number of hydrogen-bond donors (Lipinski definition) is 1. The van der Waals surface area contributed by atoms with Gasteiger partial charge in [0.25, 0.3) is 0 Å². The highest BCUT2D eigenvalue weighted by molar-refractivity contribution is 7.92. The summed E-state index contributed by atoms with van der Waals surface area (Å²) in [7, 11) is -2.07. The number of ether oxygens (including phenoxy) is 1. The Hall–Kier alpha value is -2.74. The van der Waals surface area contributed by atoms with Crippen molar-refractivity contribution in [1.29, 1.82) is 0 Å². The van der Waals surface area contributed by atoms with E-state index in [0.29, 0.717) is 18.0 Å². The number of benzene rings is 2. The van der Waals surface area contributed by atoms with E-state index in [0.717, 1.165) is 29.2 Å². The highest BCUT2D eigenvalue weighted by atomic mass is 32.2. The van der Waals surface area contributed by atoms with Crippen LogP contribution in [0, 0.1) is 0 Å². The Balaban J connectivity index is 1.58. The van der Waals surface area contributed by atoms with Gasteiger partial charge in [-0.2, -0.15) is 0 Å². The smallest absolute Gasteiger partial charge is 0.241 e. The van der Waals surface area contributed by atoms with Gasteiger partial charge in [-0.15, -0.1) is 0 Å². The minimum absolute atomic E-state index is 0.281. The topological polar surface area (TPSA) is 79.0 Å². The second kappa shape index (κ2) is 9.84. The summed E-state index contributed by atoms with van der Waals surface area (Å²) in [5.41, 5.74) is 2.59. The summed E-state index contributed by atoms with van der Waals surface area (Å²) in [5, 5.41) is 2.81. The summed E-state index contributed by atoms with van der Waals surface area (Å²) in [4.78, 5) is 14.8. The summed E-state index contributed by atoms with van der Waals surface area (Å²) in [6.45, 7) is 2.24. The van der Waals surface area contributed by atoms with Gasteiger partial charge in [-0.3, -0.25) is 9.10 Å². The monoisotopic (exact) mass is 431 g/mol. The van der Waals surface area contributed by atoms with E-state index >= 15 is 0 Å². The first-order chi connectivity index (χ1) is 14.4. The van der Waals surface area contributed by atoms with Crippen molar-refractivity contribution in [2.75, 3.05) is 42.2 Å². The van der Waals surface area contributed by atoms with Crippen LogP contribution in [0.2, 0.25) is 0 Å². The van der Waals surface area contributed by atoms with Gasteiger partial charge in [-0.25, -0.2) is 8.42 Å². The van der Waals surface area contributed by atoms with Gasteiger partial charge < -0.3 is 15.0 Å². The summed E-state index contributed by atoms with van der Waals surface area (Å²) in [6.07, 6.45) is 4.83. The van der Waals surface area contributed by atoms with Crippen LogP contribution in [-0.4, -0.2) is 47.3 Å². The predicted molar refractivity (Wildman–Crippen MR) is 120 cm³/mol. The molecule has 0 aliphatic carbocycles. The summed E-state index contributed by atoms with van der Waals surface area (Å²) >= 11 is 0. The van der Waals surface area contributed by atoms with E-state index in [1.165, 1.54) is 32.1 Å². The van der Waals surface area contributed by atoms with Crippen LogP contribution in [0.5, 0.6) is 5.75 Å². The average molecular weight is 432 g/mol. The Morgan fingerprint density at radius 3 is 2.23 bits per heavy atom. The molecule has 1 N–H and O–H groups in total. The van der Waals surface area contributed by atoms with Crippen molar-refractivity contribution >= 4 is 27.3 Å². The zero-order valence-electron chi connectivity index (χ0n) is 17.5. The van der Waals surface area contributed by atoms with Gasteiger partial charge in [0, 0.05) is 25.3 Å².